The lowest BCUT2D eigenvalue weighted by Gasteiger charge is -2.06. The first-order chi connectivity index (χ1) is 10.1. The minimum Gasteiger partial charge on any atom is -0.325 e. The number of carbonyl (C=O) groups excluding carboxylic acids is 1. The Morgan fingerprint density at radius 2 is 2.05 bits per heavy atom. The van der Waals surface area contributed by atoms with Crippen molar-refractivity contribution in [2.45, 2.75) is 4.90 Å². The number of terminal acetylenes is 1. The molecule has 0 aliphatic heterocycles. The number of nitrogens with one attached hydrogen (secondary N) is 1. The molecule has 2 aromatic carbocycles. The maximum Gasteiger partial charge on any atom is 0.234 e. The molecule has 0 saturated carbocycles. The van der Waals surface area contributed by atoms with Gasteiger partial charge in [-0.2, -0.15) is 0 Å². The van der Waals surface area contributed by atoms with Crippen molar-refractivity contribution < 1.29 is 13.6 Å². The number of carbonyl (C=O) groups is 1. The summed E-state index contributed by atoms with van der Waals surface area (Å²) < 4.78 is 26.2. The molecular formula is C16H11F2NOS. The van der Waals surface area contributed by atoms with Crippen LogP contribution in [-0.4, -0.2) is 11.7 Å². The molecule has 0 atom stereocenters. The van der Waals surface area contributed by atoms with Gasteiger partial charge in [0.25, 0.3) is 0 Å². The van der Waals surface area contributed by atoms with Crippen molar-refractivity contribution in [3.63, 3.8) is 0 Å². The second-order valence-corrected chi connectivity index (χ2v) is 5.15. The SMILES string of the molecule is C#Cc1cccc(NC(=O)CSc2ccc(F)cc2F)c1. The largest absolute Gasteiger partial charge is 0.325 e. The Morgan fingerprint density at radius 3 is 2.76 bits per heavy atom. The van der Waals surface area contributed by atoms with Gasteiger partial charge in [-0.05, 0) is 30.3 Å². The number of hydrogen-bond acceptors (Lipinski definition) is 2. The van der Waals surface area contributed by atoms with Crippen molar-refractivity contribution in [3.8, 4) is 12.3 Å². The molecule has 0 radical (unpaired) electrons. The van der Waals surface area contributed by atoms with E-state index >= 15 is 0 Å². The van der Waals surface area contributed by atoms with Gasteiger partial charge in [0.2, 0.25) is 5.91 Å². The van der Waals surface area contributed by atoms with Gasteiger partial charge in [-0.1, -0.05) is 12.0 Å². The van der Waals surface area contributed by atoms with Crippen LogP contribution in [0.1, 0.15) is 5.56 Å². The molecule has 2 aromatic rings. The van der Waals surface area contributed by atoms with Crippen LogP contribution in [0.4, 0.5) is 14.5 Å². The molecule has 0 aliphatic carbocycles. The summed E-state index contributed by atoms with van der Waals surface area (Å²) in [6.07, 6.45) is 5.27. The lowest BCUT2D eigenvalue weighted by molar-refractivity contribution is -0.113. The van der Waals surface area contributed by atoms with E-state index in [1.807, 2.05) is 0 Å². The fraction of sp³-hybridized carbons (Fsp3) is 0.0625. The molecule has 2 rings (SSSR count). The van der Waals surface area contributed by atoms with E-state index < -0.39 is 11.6 Å². The van der Waals surface area contributed by atoms with Crippen molar-refractivity contribution in [3.05, 3.63) is 59.7 Å². The van der Waals surface area contributed by atoms with Gasteiger partial charge in [-0.15, -0.1) is 18.2 Å². The number of hydrogen-bond donors (Lipinski definition) is 1. The summed E-state index contributed by atoms with van der Waals surface area (Å²) >= 11 is 0.999. The first-order valence-corrected chi connectivity index (χ1v) is 7.01. The number of thioether (sulfide) groups is 1. The summed E-state index contributed by atoms with van der Waals surface area (Å²) in [5, 5.41) is 2.67. The van der Waals surface area contributed by atoms with E-state index in [-0.39, 0.29) is 16.6 Å². The predicted octanol–water partition coefficient (Wildman–Crippen LogP) is 3.68. The maximum absolute atomic E-state index is 13.4. The highest BCUT2D eigenvalue weighted by atomic mass is 32.2. The van der Waals surface area contributed by atoms with Crippen molar-refractivity contribution in [2.24, 2.45) is 0 Å². The Kier molecular flexibility index (Phi) is 4.96. The lowest BCUT2D eigenvalue weighted by atomic mass is 10.2. The van der Waals surface area contributed by atoms with Crippen molar-refractivity contribution in [1.82, 2.24) is 0 Å². The van der Waals surface area contributed by atoms with Gasteiger partial charge in [0.1, 0.15) is 11.6 Å². The van der Waals surface area contributed by atoms with Crippen molar-refractivity contribution in [2.75, 3.05) is 11.1 Å². The molecule has 0 aromatic heterocycles. The molecule has 1 amide bonds. The molecule has 106 valence electrons. The summed E-state index contributed by atoms with van der Waals surface area (Å²) in [5.74, 6) is 0.868. The predicted molar refractivity (Wildman–Crippen MR) is 80.1 cm³/mol. The number of anilines is 1. The number of amides is 1. The van der Waals surface area contributed by atoms with Crippen LogP contribution < -0.4 is 5.32 Å². The maximum atomic E-state index is 13.4. The molecule has 21 heavy (non-hydrogen) atoms. The highest BCUT2D eigenvalue weighted by Gasteiger charge is 2.08. The third-order valence-electron chi connectivity index (χ3n) is 2.57. The zero-order valence-electron chi connectivity index (χ0n) is 10.9. The zero-order chi connectivity index (χ0) is 15.2. The molecule has 0 unspecified atom stereocenters. The Balaban J connectivity index is 1.94. The van der Waals surface area contributed by atoms with Gasteiger partial charge in [-0.3, -0.25) is 4.79 Å². The summed E-state index contributed by atoms with van der Waals surface area (Å²) in [6, 6.07) is 10.1. The van der Waals surface area contributed by atoms with Crippen LogP contribution in [0.3, 0.4) is 0 Å². The molecule has 0 bridgehead atoms. The van der Waals surface area contributed by atoms with E-state index in [4.69, 9.17) is 6.42 Å². The molecule has 2 nitrogen and oxygen atoms in total. The average Bonchev–Trinajstić information content (AvgIpc) is 2.46. The lowest BCUT2D eigenvalue weighted by Crippen LogP contribution is -2.14. The van der Waals surface area contributed by atoms with Gasteiger partial charge in [-0.25, -0.2) is 8.78 Å². The topological polar surface area (TPSA) is 29.1 Å². The van der Waals surface area contributed by atoms with Gasteiger partial charge < -0.3 is 5.32 Å². The Labute approximate surface area is 125 Å². The molecule has 0 fully saturated rings. The Hall–Kier alpha value is -2.32. The normalized spacial score (nSPS) is 9.95. The first kappa shape index (κ1) is 15.1. The fourth-order valence-corrected chi connectivity index (χ4v) is 2.34. The summed E-state index contributed by atoms with van der Waals surface area (Å²) in [7, 11) is 0. The minimum absolute atomic E-state index is 0.0167. The van der Waals surface area contributed by atoms with Gasteiger partial charge in [0.15, 0.2) is 0 Å². The highest BCUT2D eigenvalue weighted by molar-refractivity contribution is 8.00. The van der Waals surface area contributed by atoms with Crippen LogP contribution in [0.5, 0.6) is 0 Å². The summed E-state index contributed by atoms with van der Waals surface area (Å²) in [6.45, 7) is 0. The molecule has 1 N–H and O–H groups in total. The smallest absolute Gasteiger partial charge is 0.234 e. The zero-order valence-corrected chi connectivity index (χ0v) is 11.7. The number of rotatable bonds is 4. The van der Waals surface area contributed by atoms with E-state index in [1.54, 1.807) is 24.3 Å². The first-order valence-electron chi connectivity index (χ1n) is 6.03. The number of benzene rings is 2. The van der Waals surface area contributed by atoms with E-state index in [2.05, 4.69) is 11.2 Å². The van der Waals surface area contributed by atoms with Crippen LogP contribution in [0.15, 0.2) is 47.4 Å². The Morgan fingerprint density at radius 1 is 1.24 bits per heavy atom. The molecule has 0 heterocycles. The molecule has 5 heteroatoms. The highest BCUT2D eigenvalue weighted by Crippen LogP contribution is 2.22. The third-order valence-corrected chi connectivity index (χ3v) is 3.61. The van der Waals surface area contributed by atoms with Gasteiger partial charge >= 0.3 is 0 Å². The average molecular weight is 303 g/mol. The molecular weight excluding hydrogens is 292 g/mol. The van der Waals surface area contributed by atoms with Gasteiger partial charge in [0.05, 0.1) is 5.75 Å². The quantitative estimate of drug-likeness (QED) is 0.689. The monoisotopic (exact) mass is 303 g/mol. The van der Waals surface area contributed by atoms with Crippen LogP contribution in [-0.2, 0) is 4.79 Å². The van der Waals surface area contributed by atoms with Gasteiger partial charge in [0, 0.05) is 22.2 Å². The standard InChI is InChI=1S/C16H11F2NOS/c1-2-11-4-3-5-13(8-11)19-16(20)10-21-15-7-6-12(17)9-14(15)18/h1,3-9H,10H2,(H,19,20). The number of halogens is 2. The van der Waals surface area contributed by atoms with Crippen molar-refractivity contribution in [1.29, 1.82) is 0 Å². The third kappa shape index (κ3) is 4.33. The van der Waals surface area contributed by atoms with E-state index in [1.165, 1.54) is 6.07 Å². The van der Waals surface area contributed by atoms with E-state index in [0.29, 0.717) is 11.3 Å². The van der Waals surface area contributed by atoms with Crippen LogP contribution in [0.2, 0.25) is 0 Å². The van der Waals surface area contributed by atoms with Crippen LogP contribution in [0, 0.1) is 24.0 Å². The van der Waals surface area contributed by atoms with E-state index in [9.17, 15) is 13.6 Å². The summed E-state index contributed by atoms with van der Waals surface area (Å²) in [4.78, 5) is 12.0. The minimum atomic E-state index is -0.679. The second-order valence-electron chi connectivity index (χ2n) is 4.14. The van der Waals surface area contributed by atoms with E-state index in [0.717, 1.165) is 23.9 Å². The Bertz CT molecular complexity index is 710. The molecule has 0 spiro atoms. The van der Waals surface area contributed by atoms with Crippen LogP contribution >= 0.6 is 11.8 Å². The fourth-order valence-electron chi connectivity index (χ4n) is 1.62. The second kappa shape index (κ2) is 6.91. The molecule has 0 saturated heterocycles. The summed E-state index contributed by atoms with van der Waals surface area (Å²) in [5.41, 5.74) is 1.24. The molecule has 0 aliphatic rings. The van der Waals surface area contributed by atoms with Crippen LogP contribution in [0.25, 0.3) is 0 Å². The van der Waals surface area contributed by atoms with Crippen molar-refractivity contribution >= 4 is 23.4 Å².